The van der Waals surface area contributed by atoms with Crippen molar-refractivity contribution in [2.45, 2.75) is 129 Å². The van der Waals surface area contributed by atoms with Crippen molar-refractivity contribution in [2.75, 3.05) is 20.3 Å². The predicted molar refractivity (Wildman–Crippen MR) is 166 cm³/mol. The smallest absolute Gasteiger partial charge is 0.188 e. The number of carbonyl (C=O) groups is 1. The summed E-state index contributed by atoms with van der Waals surface area (Å²) in [4.78, 5) is 20.0. The maximum atomic E-state index is 12.3. The van der Waals surface area contributed by atoms with Gasteiger partial charge in [-0.3, -0.25) is 4.79 Å². The summed E-state index contributed by atoms with van der Waals surface area (Å²) in [6.07, 6.45) is -27.0. The van der Waals surface area contributed by atoms with Gasteiger partial charge in [-0.2, -0.15) is 0 Å². The van der Waals surface area contributed by atoms with E-state index in [9.17, 15) is 55.9 Å². The van der Waals surface area contributed by atoms with Gasteiger partial charge in [-0.1, -0.05) is 0 Å². The fourth-order valence-electron chi connectivity index (χ4n) is 6.57. The van der Waals surface area contributed by atoms with Crippen molar-refractivity contribution in [2.24, 2.45) is 32.9 Å². The number of aliphatic hydroxyl groups is 10. The van der Waals surface area contributed by atoms with Crippen molar-refractivity contribution in [3.05, 3.63) is 0 Å². The molecule has 19 N–H and O–H groups in total. The number of nitrogens with one attached hydrogen (secondary N) is 1. The first-order valence-electron chi connectivity index (χ1n) is 15.9. The number of aliphatic hydroxyl groups excluding tert-OH is 9. The topological polar surface area (TPSA) is 416 Å². The Kier molecular flexibility index (Phi) is 13.5. The summed E-state index contributed by atoms with van der Waals surface area (Å²) < 4.78 is 34.6. The van der Waals surface area contributed by atoms with Crippen LogP contribution in [0.1, 0.15) is 6.92 Å². The standard InChI is InChI=1S/C27H49N7O17/c1-6-27(45,5-37)21(24(46-6)50-20-10(34-26(30)31)13(39)9(33-25(28)29)14(40)17(20)43)51-22-11(32-2)15(41)19(8(4-36)48-22)49-23-18(44)16(42)12(38)7(3-35)47-23/h5-24,32,35-36,38-45H,3-4H2,1-2H3,(H4,28,29,33)(H4,30,31,34). The minimum Gasteiger partial charge on any atom is -0.394 e. The number of hydrogen-bond donors (Lipinski definition) is 15. The average molecular weight is 744 g/mol. The molecule has 294 valence electrons. The van der Waals surface area contributed by atoms with Crippen LogP contribution in [-0.4, -0.2) is 211 Å². The highest BCUT2D eigenvalue weighted by atomic mass is 16.8. The van der Waals surface area contributed by atoms with Gasteiger partial charge in [0.05, 0.1) is 25.4 Å². The average Bonchev–Trinajstić information content (AvgIpc) is 3.32. The fourth-order valence-corrected chi connectivity index (χ4v) is 6.57. The normalized spacial score (nSPS) is 48.9. The second-order valence-corrected chi connectivity index (χ2v) is 12.7. The summed E-state index contributed by atoms with van der Waals surface area (Å²) in [6, 6.07) is -4.40. The number of aliphatic imine (C=N–C) groups is 2. The fraction of sp³-hybridized carbons (Fsp3) is 0.889. The van der Waals surface area contributed by atoms with Gasteiger partial charge < -0.3 is 108 Å². The number of nitrogens with two attached hydrogens (primary N) is 4. The van der Waals surface area contributed by atoms with Crippen molar-refractivity contribution in [3.63, 3.8) is 0 Å². The van der Waals surface area contributed by atoms with E-state index >= 15 is 0 Å². The second-order valence-electron chi connectivity index (χ2n) is 12.7. The number of ether oxygens (including phenoxy) is 6. The first kappa shape index (κ1) is 41.3. The van der Waals surface area contributed by atoms with Crippen molar-refractivity contribution in [3.8, 4) is 0 Å². The van der Waals surface area contributed by atoms with Crippen LogP contribution in [0.25, 0.3) is 0 Å². The Morgan fingerprint density at radius 3 is 1.82 bits per heavy atom. The van der Waals surface area contributed by atoms with Gasteiger partial charge >= 0.3 is 0 Å². The predicted octanol–water partition coefficient (Wildman–Crippen LogP) is -10.3. The van der Waals surface area contributed by atoms with Crippen LogP contribution >= 0.6 is 0 Å². The number of carbonyl (C=O) groups excluding carboxylic acids is 1. The summed E-state index contributed by atoms with van der Waals surface area (Å²) in [7, 11) is 1.36. The highest BCUT2D eigenvalue weighted by Crippen LogP contribution is 2.39. The molecule has 24 heteroatoms. The molecule has 0 aromatic rings. The molecule has 0 aromatic heterocycles. The largest absolute Gasteiger partial charge is 0.394 e. The molecule has 0 aromatic carbocycles. The highest BCUT2D eigenvalue weighted by Gasteiger charge is 2.61. The van der Waals surface area contributed by atoms with Crippen LogP contribution in [0.5, 0.6) is 0 Å². The zero-order valence-corrected chi connectivity index (χ0v) is 27.5. The third-order valence-electron chi connectivity index (χ3n) is 9.45. The zero-order valence-electron chi connectivity index (χ0n) is 27.5. The Hall–Kier alpha value is -2.47. The Morgan fingerprint density at radius 1 is 0.706 bits per heavy atom. The lowest BCUT2D eigenvalue weighted by atomic mass is 9.81. The summed E-state index contributed by atoms with van der Waals surface area (Å²) in [6.45, 7) is -0.340. The minimum atomic E-state index is -2.50. The molecule has 20 unspecified atom stereocenters. The van der Waals surface area contributed by atoms with Crippen LogP contribution < -0.4 is 28.3 Å². The van der Waals surface area contributed by atoms with Crippen molar-refractivity contribution in [1.29, 1.82) is 0 Å². The molecule has 4 aliphatic rings. The zero-order chi connectivity index (χ0) is 38.1. The number of guanidine groups is 2. The molecule has 0 bridgehead atoms. The quantitative estimate of drug-likeness (QED) is 0.0501. The molecule has 51 heavy (non-hydrogen) atoms. The molecule has 24 nitrogen and oxygen atoms in total. The lowest BCUT2D eigenvalue weighted by Gasteiger charge is -2.48. The second kappa shape index (κ2) is 16.7. The van der Waals surface area contributed by atoms with E-state index in [1.165, 1.54) is 14.0 Å². The van der Waals surface area contributed by atoms with Gasteiger partial charge in [0, 0.05) is 0 Å². The molecule has 0 spiro atoms. The van der Waals surface area contributed by atoms with E-state index in [2.05, 4.69) is 15.3 Å². The maximum Gasteiger partial charge on any atom is 0.188 e. The lowest BCUT2D eigenvalue weighted by Crippen LogP contribution is -2.68. The van der Waals surface area contributed by atoms with Crippen molar-refractivity contribution >= 4 is 18.2 Å². The summed E-state index contributed by atoms with van der Waals surface area (Å²) in [5, 5.41) is 109. The maximum absolute atomic E-state index is 12.3. The third kappa shape index (κ3) is 8.06. The van der Waals surface area contributed by atoms with E-state index in [0.717, 1.165) is 0 Å². The molecule has 1 saturated carbocycles. The Morgan fingerprint density at radius 2 is 1.27 bits per heavy atom. The molecular formula is C27H49N7O17. The van der Waals surface area contributed by atoms with E-state index in [-0.39, 0.29) is 6.29 Å². The van der Waals surface area contributed by atoms with E-state index < -0.39 is 147 Å². The number of hydrogen-bond acceptors (Lipinski definition) is 20. The first-order chi connectivity index (χ1) is 23.9. The van der Waals surface area contributed by atoms with Gasteiger partial charge in [0.15, 0.2) is 42.7 Å². The van der Waals surface area contributed by atoms with Gasteiger partial charge in [0.1, 0.15) is 85.3 Å². The molecular weight excluding hydrogens is 694 g/mol. The Labute approximate surface area is 290 Å². The molecule has 4 rings (SSSR count). The van der Waals surface area contributed by atoms with E-state index in [4.69, 9.17) is 51.4 Å². The Bertz CT molecular complexity index is 1230. The highest BCUT2D eigenvalue weighted by molar-refractivity contribution is 5.76. The monoisotopic (exact) mass is 743 g/mol. The van der Waals surface area contributed by atoms with Crippen LogP contribution in [0.4, 0.5) is 0 Å². The molecule has 20 atom stereocenters. The molecule has 4 fully saturated rings. The van der Waals surface area contributed by atoms with Gasteiger partial charge in [-0.05, 0) is 14.0 Å². The van der Waals surface area contributed by atoms with Crippen LogP contribution in [0.15, 0.2) is 9.98 Å². The van der Waals surface area contributed by atoms with Crippen LogP contribution in [0.3, 0.4) is 0 Å². The number of nitrogens with zero attached hydrogens (tertiary/aromatic N) is 2. The SMILES string of the molecule is CNC1C(OC2C(OC3C(O)C(O)C(N=C(N)N)C(O)C3N=C(N)N)OC(C)C2(O)C=O)OC(CO)C(OC2OC(CO)C(O)C(O)C2O)C1O. The minimum absolute atomic E-state index is 0.0944. The summed E-state index contributed by atoms with van der Waals surface area (Å²) in [5.41, 5.74) is 19.4. The molecule has 3 heterocycles. The first-order valence-corrected chi connectivity index (χ1v) is 15.9. The van der Waals surface area contributed by atoms with Gasteiger partial charge in [-0.15, -0.1) is 0 Å². The van der Waals surface area contributed by atoms with Gasteiger partial charge in [0.2, 0.25) is 0 Å². The van der Waals surface area contributed by atoms with Crippen molar-refractivity contribution < 1.29 is 84.3 Å². The van der Waals surface area contributed by atoms with Gasteiger partial charge in [-0.25, -0.2) is 9.98 Å². The van der Waals surface area contributed by atoms with E-state index in [1.807, 2.05) is 0 Å². The molecule has 3 aliphatic heterocycles. The number of rotatable bonds is 12. The van der Waals surface area contributed by atoms with Gasteiger partial charge in [0.25, 0.3) is 0 Å². The van der Waals surface area contributed by atoms with Crippen molar-refractivity contribution in [1.82, 2.24) is 5.32 Å². The van der Waals surface area contributed by atoms with Crippen LogP contribution in [-0.2, 0) is 33.2 Å². The number of aldehydes is 1. The summed E-state index contributed by atoms with van der Waals surface area (Å²) in [5.74, 6) is -1.11. The van der Waals surface area contributed by atoms with Crippen LogP contribution in [0.2, 0.25) is 0 Å². The van der Waals surface area contributed by atoms with Crippen LogP contribution in [0, 0.1) is 0 Å². The lowest BCUT2D eigenvalue weighted by molar-refractivity contribution is -0.357. The van der Waals surface area contributed by atoms with E-state index in [0.29, 0.717) is 0 Å². The number of likely N-dealkylation sites (N-methyl/N-ethyl adjacent to an activating group) is 1. The molecule has 3 saturated heterocycles. The molecule has 0 amide bonds. The Balaban J connectivity index is 1.61. The third-order valence-corrected chi connectivity index (χ3v) is 9.45. The summed E-state index contributed by atoms with van der Waals surface area (Å²) >= 11 is 0. The van der Waals surface area contributed by atoms with E-state index in [1.54, 1.807) is 0 Å². The molecule has 0 radical (unpaired) electrons. The molecule has 1 aliphatic carbocycles.